The first-order chi connectivity index (χ1) is 13.7. The quantitative estimate of drug-likeness (QED) is 0.778. The van der Waals surface area contributed by atoms with Gasteiger partial charge in [-0.25, -0.2) is 8.42 Å². The standard InChI is InChI=1S/C22H28N2O4S/c1-16-10-12-24(13-11-16)22(25)15-28-20-6-8-21(9-7-20)29(26,27)23-19-5-4-17(2)18(3)14-19/h4-9,14,16,23H,10-13,15H2,1-3H3. The van der Waals surface area contributed by atoms with Gasteiger partial charge in [-0.05, 0) is 80.1 Å². The number of ether oxygens (including phenoxy) is 1. The predicted molar refractivity (Wildman–Crippen MR) is 114 cm³/mol. The summed E-state index contributed by atoms with van der Waals surface area (Å²) in [5.41, 5.74) is 2.64. The first kappa shape index (κ1) is 21.2. The molecule has 0 atom stereocenters. The maximum Gasteiger partial charge on any atom is 0.261 e. The Labute approximate surface area is 172 Å². The number of benzene rings is 2. The number of likely N-dealkylation sites (tertiary alicyclic amines) is 1. The molecule has 2 aromatic rings. The molecular formula is C22H28N2O4S. The van der Waals surface area contributed by atoms with Crippen LogP contribution in [0.3, 0.4) is 0 Å². The Hall–Kier alpha value is -2.54. The lowest BCUT2D eigenvalue weighted by Crippen LogP contribution is -2.40. The predicted octanol–water partition coefficient (Wildman–Crippen LogP) is 3.74. The Morgan fingerprint density at radius 1 is 1.07 bits per heavy atom. The highest BCUT2D eigenvalue weighted by Gasteiger charge is 2.20. The molecular weight excluding hydrogens is 388 g/mol. The number of nitrogens with zero attached hydrogens (tertiary/aromatic N) is 1. The highest BCUT2D eigenvalue weighted by atomic mass is 32.2. The minimum absolute atomic E-state index is 0.0370. The molecule has 1 aliphatic rings. The van der Waals surface area contributed by atoms with E-state index in [2.05, 4.69) is 11.6 Å². The van der Waals surface area contributed by atoms with Crippen molar-refractivity contribution in [3.05, 3.63) is 53.6 Å². The molecule has 156 valence electrons. The fourth-order valence-corrected chi connectivity index (χ4v) is 4.28. The van der Waals surface area contributed by atoms with Gasteiger partial charge in [0.15, 0.2) is 6.61 Å². The molecule has 0 radical (unpaired) electrons. The molecule has 29 heavy (non-hydrogen) atoms. The number of nitrogens with one attached hydrogen (secondary N) is 1. The lowest BCUT2D eigenvalue weighted by Gasteiger charge is -2.30. The molecule has 0 bridgehead atoms. The monoisotopic (exact) mass is 416 g/mol. The normalized spacial score (nSPS) is 15.2. The third-order valence-electron chi connectivity index (χ3n) is 5.39. The number of aryl methyl sites for hydroxylation is 2. The van der Waals surface area contributed by atoms with Crippen molar-refractivity contribution >= 4 is 21.6 Å². The summed E-state index contributed by atoms with van der Waals surface area (Å²) in [6, 6.07) is 11.5. The molecule has 2 aromatic carbocycles. The first-order valence-corrected chi connectivity index (χ1v) is 11.3. The summed E-state index contributed by atoms with van der Waals surface area (Å²) < 4.78 is 33.3. The van der Waals surface area contributed by atoms with Gasteiger partial charge in [-0.1, -0.05) is 13.0 Å². The van der Waals surface area contributed by atoms with Crippen LogP contribution < -0.4 is 9.46 Å². The van der Waals surface area contributed by atoms with Crippen LogP contribution in [0.1, 0.15) is 30.9 Å². The summed E-state index contributed by atoms with van der Waals surface area (Å²) in [4.78, 5) is 14.2. The second-order valence-electron chi connectivity index (χ2n) is 7.73. The fourth-order valence-electron chi connectivity index (χ4n) is 3.23. The van der Waals surface area contributed by atoms with E-state index >= 15 is 0 Å². The third-order valence-corrected chi connectivity index (χ3v) is 6.79. The number of carbonyl (C=O) groups excluding carboxylic acids is 1. The van der Waals surface area contributed by atoms with Crippen molar-refractivity contribution < 1.29 is 17.9 Å². The molecule has 0 unspecified atom stereocenters. The fraction of sp³-hybridized carbons (Fsp3) is 0.409. The van der Waals surface area contributed by atoms with E-state index in [-0.39, 0.29) is 17.4 Å². The molecule has 7 heteroatoms. The molecule has 1 N–H and O–H groups in total. The van der Waals surface area contributed by atoms with Crippen LogP contribution in [0.4, 0.5) is 5.69 Å². The van der Waals surface area contributed by atoms with Gasteiger partial charge in [0.05, 0.1) is 4.90 Å². The van der Waals surface area contributed by atoms with E-state index in [0.717, 1.165) is 37.1 Å². The molecule has 1 saturated heterocycles. The topological polar surface area (TPSA) is 75.7 Å². The number of rotatable bonds is 6. The SMILES string of the molecule is Cc1ccc(NS(=O)(=O)c2ccc(OCC(=O)N3CCC(C)CC3)cc2)cc1C. The maximum atomic E-state index is 12.6. The average Bonchev–Trinajstić information content (AvgIpc) is 2.69. The second kappa shape index (κ2) is 8.86. The number of piperidine rings is 1. The van der Waals surface area contributed by atoms with Crippen molar-refractivity contribution in [2.75, 3.05) is 24.4 Å². The first-order valence-electron chi connectivity index (χ1n) is 9.85. The Morgan fingerprint density at radius 3 is 2.34 bits per heavy atom. The molecule has 1 heterocycles. The zero-order valence-corrected chi connectivity index (χ0v) is 18.0. The zero-order valence-electron chi connectivity index (χ0n) is 17.1. The summed E-state index contributed by atoms with van der Waals surface area (Å²) in [6.07, 6.45) is 2.04. The molecule has 0 aliphatic carbocycles. The van der Waals surface area contributed by atoms with Gasteiger partial charge in [0.2, 0.25) is 0 Å². The number of hydrogen-bond acceptors (Lipinski definition) is 4. The van der Waals surface area contributed by atoms with Crippen molar-refractivity contribution in [3.63, 3.8) is 0 Å². The van der Waals surface area contributed by atoms with Crippen molar-refractivity contribution in [3.8, 4) is 5.75 Å². The third kappa shape index (κ3) is 5.50. The largest absolute Gasteiger partial charge is 0.484 e. The van der Waals surface area contributed by atoms with E-state index in [0.29, 0.717) is 17.4 Å². The van der Waals surface area contributed by atoms with E-state index in [1.807, 2.05) is 24.8 Å². The van der Waals surface area contributed by atoms with Gasteiger partial charge in [0, 0.05) is 18.8 Å². The Balaban J connectivity index is 1.58. The molecule has 1 fully saturated rings. The van der Waals surface area contributed by atoms with Crippen LogP contribution in [0.5, 0.6) is 5.75 Å². The highest BCUT2D eigenvalue weighted by Crippen LogP contribution is 2.21. The highest BCUT2D eigenvalue weighted by molar-refractivity contribution is 7.92. The number of sulfonamides is 1. The maximum absolute atomic E-state index is 12.6. The van der Waals surface area contributed by atoms with Crippen molar-refractivity contribution in [2.24, 2.45) is 5.92 Å². The number of carbonyl (C=O) groups is 1. The number of amides is 1. The minimum atomic E-state index is -3.69. The molecule has 1 amide bonds. The average molecular weight is 417 g/mol. The van der Waals surface area contributed by atoms with Crippen LogP contribution in [-0.4, -0.2) is 38.9 Å². The van der Waals surface area contributed by atoms with Crippen molar-refractivity contribution in [1.82, 2.24) is 4.90 Å². The van der Waals surface area contributed by atoms with E-state index in [1.54, 1.807) is 24.3 Å². The molecule has 6 nitrogen and oxygen atoms in total. The van der Waals surface area contributed by atoms with Gasteiger partial charge in [-0.15, -0.1) is 0 Å². The second-order valence-corrected chi connectivity index (χ2v) is 9.41. The Morgan fingerprint density at radius 2 is 1.72 bits per heavy atom. The molecule has 0 spiro atoms. The molecule has 0 saturated carbocycles. The van der Waals surface area contributed by atoms with Crippen LogP contribution in [0.2, 0.25) is 0 Å². The van der Waals surface area contributed by atoms with Crippen LogP contribution in [0, 0.1) is 19.8 Å². The Bertz CT molecular complexity index is 963. The van der Waals surface area contributed by atoms with Crippen LogP contribution in [-0.2, 0) is 14.8 Å². The minimum Gasteiger partial charge on any atom is -0.484 e. The van der Waals surface area contributed by atoms with Crippen molar-refractivity contribution in [2.45, 2.75) is 38.5 Å². The van der Waals surface area contributed by atoms with Crippen molar-refractivity contribution in [1.29, 1.82) is 0 Å². The summed E-state index contributed by atoms with van der Waals surface area (Å²) in [5.74, 6) is 1.09. The zero-order chi connectivity index (χ0) is 21.0. The van der Waals surface area contributed by atoms with Gasteiger partial charge in [0.25, 0.3) is 15.9 Å². The van der Waals surface area contributed by atoms with Crippen LogP contribution in [0.15, 0.2) is 47.4 Å². The van der Waals surface area contributed by atoms with E-state index in [1.165, 1.54) is 12.1 Å². The van der Waals surface area contributed by atoms with Gasteiger partial charge >= 0.3 is 0 Å². The van der Waals surface area contributed by atoms with Gasteiger partial charge < -0.3 is 9.64 Å². The number of anilines is 1. The lowest BCUT2D eigenvalue weighted by molar-refractivity contribution is -0.134. The van der Waals surface area contributed by atoms with E-state index in [9.17, 15) is 13.2 Å². The van der Waals surface area contributed by atoms with Crippen LogP contribution in [0.25, 0.3) is 0 Å². The molecule has 3 rings (SSSR count). The van der Waals surface area contributed by atoms with Crippen LogP contribution >= 0.6 is 0 Å². The van der Waals surface area contributed by atoms with E-state index in [4.69, 9.17) is 4.74 Å². The van der Waals surface area contributed by atoms with Gasteiger partial charge in [0.1, 0.15) is 5.75 Å². The summed E-state index contributed by atoms with van der Waals surface area (Å²) in [7, 11) is -3.69. The molecule has 1 aliphatic heterocycles. The van der Waals surface area contributed by atoms with E-state index < -0.39 is 10.0 Å². The molecule has 0 aromatic heterocycles. The number of hydrogen-bond donors (Lipinski definition) is 1. The summed E-state index contributed by atoms with van der Waals surface area (Å²) in [6.45, 7) is 7.60. The Kier molecular flexibility index (Phi) is 6.47. The van der Waals surface area contributed by atoms with Gasteiger partial charge in [-0.3, -0.25) is 9.52 Å². The summed E-state index contributed by atoms with van der Waals surface area (Å²) in [5, 5.41) is 0. The van der Waals surface area contributed by atoms with Gasteiger partial charge in [-0.2, -0.15) is 0 Å². The summed E-state index contributed by atoms with van der Waals surface area (Å²) >= 11 is 0. The lowest BCUT2D eigenvalue weighted by atomic mass is 9.99. The smallest absolute Gasteiger partial charge is 0.261 e.